The van der Waals surface area contributed by atoms with Gasteiger partial charge in [-0.25, -0.2) is 18.1 Å². The van der Waals surface area contributed by atoms with Gasteiger partial charge in [0.15, 0.2) is 0 Å². The van der Waals surface area contributed by atoms with Crippen LogP contribution in [0, 0.1) is 0 Å². The summed E-state index contributed by atoms with van der Waals surface area (Å²) in [7, 11) is -3.61. The molecule has 0 bridgehead atoms. The summed E-state index contributed by atoms with van der Waals surface area (Å²) < 4.78 is 29.3. The molecule has 3 rings (SSSR count). The van der Waals surface area contributed by atoms with Gasteiger partial charge in [0.05, 0.1) is 6.33 Å². The highest BCUT2D eigenvalue weighted by Crippen LogP contribution is 2.19. The molecule has 6 nitrogen and oxygen atoms in total. The molecule has 0 aliphatic carbocycles. The van der Waals surface area contributed by atoms with E-state index in [1.165, 1.54) is 18.5 Å². The number of imidazole rings is 1. The molecule has 0 saturated heterocycles. The molecule has 23 heavy (non-hydrogen) atoms. The Morgan fingerprint density at radius 1 is 1.13 bits per heavy atom. The predicted octanol–water partition coefficient (Wildman–Crippen LogP) is 2.31. The Balaban J connectivity index is 1.84. The lowest BCUT2D eigenvalue weighted by Gasteiger charge is -2.15. The number of hydrogen-bond donors (Lipinski definition) is 1. The van der Waals surface area contributed by atoms with E-state index in [1.807, 2.05) is 35.0 Å². The minimum absolute atomic E-state index is 0.151. The van der Waals surface area contributed by atoms with Gasteiger partial charge in [-0.2, -0.15) is 0 Å². The third kappa shape index (κ3) is 3.46. The smallest absolute Gasteiger partial charge is 0.242 e. The molecule has 1 aromatic carbocycles. The zero-order valence-corrected chi connectivity index (χ0v) is 13.3. The molecule has 2 heterocycles. The summed E-state index contributed by atoms with van der Waals surface area (Å²) >= 11 is 0. The van der Waals surface area contributed by atoms with Crippen molar-refractivity contribution in [2.24, 2.45) is 0 Å². The van der Waals surface area contributed by atoms with Crippen molar-refractivity contribution in [3.8, 4) is 5.69 Å². The number of benzene rings is 1. The Morgan fingerprint density at radius 2 is 2.00 bits per heavy atom. The topological polar surface area (TPSA) is 76.9 Å². The molecule has 0 saturated carbocycles. The highest BCUT2D eigenvalue weighted by molar-refractivity contribution is 7.89. The third-order valence-electron chi connectivity index (χ3n) is 3.45. The van der Waals surface area contributed by atoms with Gasteiger partial charge in [-0.3, -0.25) is 4.98 Å². The normalized spacial score (nSPS) is 12.9. The molecular formula is C16H16N4O2S. The van der Waals surface area contributed by atoms with E-state index in [2.05, 4.69) is 14.7 Å². The van der Waals surface area contributed by atoms with E-state index in [0.717, 1.165) is 11.3 Å². The van der Waals surface area contributed by atoms with Crippen LogP contribution in [0.1, 0.15) is 18.5 Å². The number of rotatable bonds is 5. The van der Waals surface area contributed by atoms with Crippen LogP contribution in [0.15, 0.2) is 72.4 Å². The van der Waals surface area contributed by atoms with Crippen molar-refractivity contribution in [2.75, 3.05) is 0 Å². The maximum absolute atomic E-state index is 12.4. The summed E-state index contributed by atoms with van der Waals surface area (Å²) in [6.45, 7) is 1.81. The second-order valence-corrected chi connectivity index (χ2v) is 6.81. The number of aromatic nitrogens is 3. The van der Waals surface area contributed by atoms with E-state index >= 15 is 0 Å². The van der Waals surface area contributed by atoms with Crippen LogP contribution in [0.2, 0.25) is 0 Å². The fourth-order valence-corrected chi connectivity index (χ4v) is 3.44. The molecule has 1 N–H and O–H groups in total. The van der Waals surface area contributed by atoms with E-state index < -0.39 is 10.0 Å². The molecule has 0 amide bonds. The minimum Gasteiger partial charge on any atom is -0.306 e. The number of nitrogens with zero attached hydrogens (tertiary/aromatic N) is 3. The second-order valence-electron chi connectivity index (χ2n) is 5.10. The van der Waals surface area contributed by atoms with Gasteiger partial charge < -0.3 is 4.57 Å². The largest absolute Gasteiger partial charge is 0.306 e. The Morgan fingerprint density at radius 3 is 2.70 bits per heavy atom. The SMILES string of the molecule is CC(NS(=O)(=O)c1cccnc1)c1cccc(-n2ccnc2)c1. The van der Waals surface area contributed by atoms with Crippen molar-refractivity contribution in [3.05, 3.63) is 73.1 Å². The first-order valence-corrected chi connectivity index (χ1v) is 8.55. The van der Waals surface area contributed by atoms with Crippen LogP contribution in [0.5, 0.6) is 0 Å². The van der Waals surface area contributed by atoms with Gasteiger partial charge in [0.25, 0.3) is 0 Å². The van der Waals surface area contributed by atoms with Gasteiger partial charge in [0, 0.05) is 36.5 Å². The summed E-state index contributed by atoms with van der Waals surface area (Å²) in [5.74, 6) is 0. The summed E-state index contributed by atoms with van der Waals surface area (Å²) in [6.07, 6.45) is 8.10. The zero-order chi connectivity index (χ0) is 16.3. The quantitative estimate of drug-likeness (QED) is 0.780. The van der Waals surface area contributed by atoms with Crippen molar-refractivity contribution in [3.63, 3.8) is 0 Å². The Hall–Kier alpha value is -2.51. The van der Waals surface area contributed by atoms with Crippen LogP contribution >= 0.6 is 0 Å². The molecule has 0 spiro atoms. The third-order valence-corrected chi connectivity index (χ3v) is 4.98. The van der Waals surface area contributed by atoms with Gasteiger partial charge >= 0.3 is 0 Å². The van der Waals surface area contributed by atoms with Crippen molar-refractivity contribution >= 4 is 10.0 Å². The fraction of sp³-hybridized carbons (Fsp3) is 0.125. The highest BCUT2D eigenvalue weighted by Gasteiger charge is 2.18. The number of pyridine rings is 1. The highest BCUT2D eigenvalue weighted by atomic mass is 32.2. The molecule has 118 valence electrons. The second kappa shape index (κ2) is 6.31. The zero-order valence-electron chi connectivity index (χ0n) is 12.5. The molecule has 1 atom stereocenters. The van der Waals surface area contributed by atoms with E-state index in [4.69, 9.17) is 0 Å². The lowest BCUT2D eigenvalue weighted by Crippen LogP contribution is -2.27. The van der Waals surface area contributed by atoms with Gasteiger partial charge in [0.1, 0.15) is 4.90 Å². The van der Waals surface area contributed by atoms with Crippen molar-refractivity contribution in [1.82, 2.24) is 19.3 Å². The molecule has 3 aromatic rings. The standard InChI is InChI=1S/C16H16N4O2S/c1-13(19-23(21,22)16-6-3-7-17-11-16)14-4-2-5-15(10-14)20-9-8-18-12-20/h2-13,19H,1H3. The van der Waals surface area contributed by atoms with Crippen LogP contribution in [-0.4, -0.2) is 23.0 Å². The van der Waals surface area contributed by atoms with Crippen LogP contribution in [0.4, 0.5) is 0 Å². The van der Waals surface area contributed by atoms with E-state index in [0.29, 0.717) is 0 Å². The number of sulfonamides is 1. The first-order valence-electron chi connectivity index (χ1n) is 7.07. The van der Waals surface area contributed by atoms with Gasteiger partial charge in [-0.05, 0) is 36.8 Å². The van der Waals surface area contributed by atoms with Crippen LogP contribution in [0.25, 0.3) is 5.69 Å². The molecule has 0 fully saturated rings. The fourth-order valence-electron chi connectivity index (χ4n) is 2.24. The molecule has 2 aromatic heterocycles. The molecule has 7 heteroatoms. The summed E-state index contributed by atoms with van der Waals surface area (Å²) in [6, 6.07) is 10.4. The average Bonchev–Trinajstić information content (AvgIpc) is 3.10. The Bertz CT molecular complexity index is 877. The van der Waals surface area contributed by atoms with Gasteiger partial charge in [-0.1, -0.05) is 12.1 Å². The van der Waals surface area contributed by atoms with E-state index in [-0.39, 0.29) is 10.9 Å². The van der Waals surface area contributed by atoms with Crippen molar-refractivity contribution < 1.29 is 8.42 Å². The average molecular weight is 328 g/mol. The van der Waals surface area contributed by atoms with Crippen LogP contribution in [-0.2, 0) is 10.0 Å². The van der Waals surface area contributed by atoms with E-state index in [1.54, 1.807) is 25.5 Å². The van der Waals surface area contributed by atoms with Crippen molar-refractivity contribution in [1.29, 1.82) is 0 Å². The number of nitrogens with one attached hydrogen (secondary N) is 1. The molecule has 0 aliphatic rings. The first kappa shape index (κ1) is 15.4. The molecular weight excluding hydrogens is 312 g/mol. The summed E-state index contributed by atoms with van der Waals surface area (Å²) in [5.41, 5.74) is 1.79. The molecule has 1 unspecified atom stereocenters. The number of hydrogen-bond acceptors (Lipinski definition) is 4. The maximum Gasteiger partial charge on any atom is 0.242 e. The van der Waals surface area contributed by atoms with Crippen molar-refractivity contribution in [2.45, 2.75) is 17.9 Å². The predicted molar refractivity (Wildman–Crippen MR) is 86.5 cm³/mol. The summed E-state index contributed by atoms with van der Waals surface area (Å²) in [5, 5.41) is 0. The van der Waals surface area contributed by atoms with Gasteiger partial charge in [0.2, 0.25) is 10.0 Å². The minimum atomic E-state index is -3.61. The van der Waals surface area contributed by atoms with Gasteiger partial charge in [-0.15, -0.1) is 0 Å². The maximum atomic E-state index is 12.4. The Kier molecular flexibility index (Phi) is 4.22. The van der Waals surface area contributed by atoms with E-state index in [9.17, 15) is 8.42 Å². The monoisotopic (exact) mass is 328 g/mol. The van der Waals surface area contributed by atoms with Crippen LogP contribution < -0.4 is 4.72 Å². The first-order chi connectivity index (χ1) is 11.1. The Labute approximate surface area is 134 Å². The summed E-state index contributed by atoms with van der Waals surface area (Å²) in [4.78, 5) is 8.02. The molecule has 0 radical (unpaired) electrons. The van der Waals surface area contributed by atoms with Crippen LogP contribution in [0.3, 0.4) is 0 Å². The lowest BCUT2D eigenvalue weighted by atomic mass is 10.1. The lowest BCUT2D eigenvalue weighted by molar-refractivity contribution is 0.566. The molecule has 0 aliphatic heterocycles.